The molecule has 0 saturated carbocycles. The highest BCUT2D eigenvalue weighted by molar-refractivity contribution is 14.1. The van der Waals surface area contributed by atoms with Gasteiger partial charge in [0.25, 0.3) is 0 Å². The molecule has 1 atom stereocenters. The first-order chi connectivity index (χ1) is 4.30. The zero-order valence-corrected chi connectivity index (χ0v) is 6.95. The van der Waals surface area contributed by atoms with Crippen molar-refractivity contribution in [1.82, 2.24) is 0 Å². The van der Waals surface area contributed by atoms with Crippen LogP contribution in [0, 0.1) is 0 Å². The topological polar surface area (TPSA) is 20.2 Å². The highest BCUT2D eigenvalue weighted by Crippen LogP contribution is 2.17. The highest BCUT2D eigenvalue weighted by atomic mass is 127. The van der Waals surface area contributed by atoms with E-state index in [9.17, 15) is 0 Å². The van der Waals surface area contributed by atoms with Crippen LogP contribution in [0.1, 0.15) is 9.67 Å². The van der Waals surface area contributed by atoms with Crippen molar-refractivity contribution in [2.75, 3.05) is 0 Å². The average molecular weight is 234 g/mol. The first-order valence-corrected chi connectivity index (χ1v) is 3.92. The third-order valence-corrected chi connectivity index (χ3v) is 1.79. The first-order valence-electron chi connectivity index (χ1n) is 2.68. The summed E-state index contributed by atoms with van der Waals surface area (Å²) in [5.41, 5.74) is 0.957. The van der Waals surface area contributed by atoms with Crippen LogP contribution in [0.25, 0.3) is 0 Å². The number of hydrogen-bond acceptors (Lipinski definition) is 1. The van der Waals surface area contributed by atoms with Gasteiger partial charge in [0.15, 0.2) is 0 Å². The molecular formula is C7H7IO. The lowest BCUT2D eigenvalue weighted by molar-refractivity contribution is 0.286. The molecule has 1 N–H and O–H groups in total. The van der Waals surface area contributed by atoms with Crippen molar-refractivity contribution in [3.8, 4) is 0 Å². The maximum Gasteiger partial charge on any atom is 0.130 e. The Morgan fingerprint density at radius 3 is 2.11 bits per heavy atom. The lowest BCUT2D eigenvalue weighted by atomic mass is 10.2. The van der Waals surface area contributed by atoms with Crippen molar-refractivity contribution in [2.24, 2.45) is 0 Å². The Morgan fingerprint density at radius 1 is 1.22 bits per heavy atom. The molecule has 0 radical (unpaired) electrons. The van der Waals surface area contributed by atoms with Crippen LogP contribution in [0.3, 0.4) is 0 Å². The quantitative estimate of drug-likeness (QED) is 0.582. The van der Waals surface area contributed by atoms with Gasteiger partial charge in [0.1, 0.15) is 4.11 Å². The van der Waals surface area contributed by atoms with Gasteiger partial charge in [-0.3, -0.25) is 0 Å². The van der Waals surface area contributed by atoms with E-state index < -0.39 is 0 Å². The summed E-state index contributed by atoms with van der Waals surface area (Å²) in [6, 6.07) is 9.56. The summed E-state index contributed by atoms with van der Waals surface area (Å²) in [7, 11) is 0. The van der Waals surface area contributed by atoms with E-state index in [1.165, 1.54) is 0 Å². The van der Waals surface area contributed by atoms with Gasteiger partial charge in [-0.25, -0.2) is 0 Å². The van der Waals surface area contributed by atoms with E-state index in [4.69, 9.17) is 5.11 Å². The molecule has 48 valence electrons. The van der Waals surface area contributed by atoms with Crippen LogP contribution in [0.15, 0.2) is 30.3 Å². The van der Waals surface area contributed by atoms with Crippen molar-refractivity contribution < 1.29 is 5.11 Å². The Labute approximate surface area is 67.9 Å². The number of hydrogen-bond donors (Lipinski definition) is 1. The van der Waals surface area contributed by atoms with E-state index in [-0.39, 0.29) is 4.11 Å². The molecule has 0 heterocycles. The van der Waals surface area contributed by atoms with Gasteiger partial charge < -0.3 is 5.11 Å². The van der Waals surface area contributed by atoms with E-state index in [1.54, 1.807) is 0 Å². The summed E-state index contributed by atoms with van der Waals surface area (Å²) in [4.78, 5) is 0. The van der Waals surface area contributed by atoms with Gasteiger partial charge >= 0.3 is 0 Å². The van der Waals surface area contributed by atoms with Crippen molar-refractivity contribution in [1.29, 1.82) is 0 Å². The molecule has 0 aliphatic carbocycles. The smallest absolute Gasteiger partial charge is 0.130 e. The Hall–Kier alpha value is -0.0900. The van der Waals surface area contributed by atoms with Gasteiger partial charge in [0.2, 0.25) is 0 Å². The van der Waals surface area contributed by atoms with Crippen molar-refractivity contribution in [3.05, 3.63) is 35.9 Å². The molecule has 0 aromatic heterocycles. The molecule has 1 nitrogen and oxygen atoms in total. The van der Waals surface area contributed by atoms with Crippen LogP contribution >= 0.6 is 22.6 Å². The molecule has 9 heavy (non-hydrogen) atoms. The van der Waals surface area contributed by atoms with E-state index in [2.05, 4.69) is 0 Å². The minimum Gasteiger partial charge on any atom is -0.378 e. The third kappa shape index (κ3) is 1.95. The van der Waals surface area contributed by atoms with Crippen LogP contribution < -0.4 is 0 Å². The van der Waals surface area contributed by atoms with E-state index in [0.29, 0.717) is 0 Å². The number of aliphatic hydroxyl groups excluding tert-OH is 1. The Kier molecular flexibility index (Phi) is 2.48. The minimum absolute atomic E-state index is 0.371. The maximum atomic E-state index is 9.01. The highest BCUT2D eigenvalue weighted by Gasteiger charge is 1.97. The van der Waals surface area contributed by atoms with Crippen LogP contribution in [0.2, 0.25) is 0 Å². The molecule has 0 unspecified atom stereocenters. The number of halogens is 1. The van der Waals surface area contributed by atoms with Gasteiger partial charge in [0, 0.05) is 0 Å². The second-order valence-electron chi connectivity index (χ2n) is 1.75. The first kappa shape index (κ1) is 7.02. The molecule has 1 rings (SSSR count). The van der Waals surface area contributed by atoms with Gasteiger partial charge in [-0.1, -0.05) is 30.3 Å². The van der Waals surface area contributed by atoms with Crippen molar-refractivity contribution in [3.63, 3.8) is 0 Å². The zero-order valence-electron chi connectivity index (χ0n) is 4.79. The predicted octanol–water partition coefficient (Wildman–Crippen LogP) is 2.11. The normalized spacial score (nSPS) is 13.1. The fraction of sp³-hybridized carbons (Fsp3) is 0.143. The van der Waals surface area contributed by atoms with Gasteiger partial charge in [0.05, 0.1) is 0 Å². The molecule has 0 fully saturated rings. The lowest BCUT2D eigenvalue weighted by Crippen LogP contribution is -1.83. The van der Waals surface area contributed by atoms with Crippen molar-refractivity contribution >= 4 is 22.6 Å². The molecule has 0 aliphatic heterocycles. The van der Waals surface area contributed by atoms with E-state index in [1.807, 2.05) is 52.9 Å². The lowest BCUT2D eigenvalue weighted by Gasteiger charge is -1.99. The second-order valence-corrected chi connectivity index (χ2v) is 2.93. The van der Waals surface area contributed by atoms with E-state index >= 15 is 0 Å². The summed E-state index contributed by atoms with van der Waals surface area (Å²) < 4.78 is -0.371. The fourth-order valence-electron chi connectivity index (χ4n) is 0.612. The number of aliphatic hydroxyl groups is 1. The summed E-state index contributed by atoms with van der Waals surface area (Å²) in [6.45, 7) is 0. The molecule has 2 heteroatoms. The van der Waals surface area contributed by atoms with Crippen LogP contribution in [-0.2, 0) is 0 Å². The molecule has 0 saturated heterocycles. The largest absolute Gasteiger partial charge is 0.378 e. The second kappa shape index (κ2) is 3.17. The maximum absolute atomic E-state index is 9.01. The third-order valence-electron chi connectivity index (χ3n) is 1.07. The molecule has 1 aromatic rings. The van der Waals surface area contributed by atoms with Crippen LogP contribution in [0.4, 0.5) is 0 Å². The van der Waals surface area contributed by atoms with Crippen LogP contribution in [-0.4, -0.2) is 5.11 Å². The number of alkyl halides is 1. The summed E-state index contributed by atoms with van der Waals surface area (Å²) in [6.07, 6.45) is 0. The van der Waals surface area contributed by atoms with Gasteiger partial charge in [-0.15, -0.1) is 0 Å². The Morgan fingerprint density at radius 2 is 1.78 bits per heavy atom. The Balaban J connectivity index is 2.85. The van der Waals surface area contributed by atoms with Gasteiger partial charge in [-0.05, 0) is 28.2 Å². The average Bonchev–Trinajstić information content (AvgIpc) is 1.90. The summed E-state index contributed by atoms with van der Waals surface area (Å²) in [5, 5.41) is 9.01. The number of rotatable bonds is 1. The number of benzene rings is 1. The molecule has 0 amide bonds. The fourth-order valence-corrected chi connectivity index (χ4v) is 1.03. The van der Waals surface area contributed by atoms with Crippen molar-refractivity contribution in [2.45, 2.75) is 4.11 Å². The zero-order chi connectivity index (χ0) is 6.69. The molecule has 0 spiro atoms. The minimum atomic E-state index is -0.371. The molecule has 0 bridgehead atoms. The predicted molar refractivity (Wildman–Crippen MR) is 45.4 cm³/mol. The van der Waals surface area contributed by atoms with E-state index in [0.717, 1.165) is 5.56 Å². The van der Waals surface area contributed by atoms with Gasteiger partial charge in [-0.2, -0.15) is 0 Å². The molecule has 1 aromatic carbocycles. The SMILES string of the molecule is O[C@@H](I)c1ccccc1. The molecular weight excluding hydrogens is 227 g/mol. The standard InChI is InChI=1S/C7H7IO/c8-7(9)6-4-2-1-3-5-6/h1-5,7,9H/t7-/m1/s1. The summed E-state index contributed by atoms with van der Waals surface area (Å²) >= 11 is 1.96. The Bertz CT molecular complexity index is 172. The monoisotopic (exact) mass is 234 g/mol. The van der Waals surface area contributed by atoms with Crippen LogP contribution in [0.5, 0.6) is 0 Å². The summed E-state index contributed by atoms with van der Waals surface area (Å²) in [5.74, 6) is 0. The molecule has 0 aliphatic rings.